The summed E-state index contributed by atoms with van der Waals surface area (Å²) < 4.78 is 63.2. The van der Waals surface area contributed by atoms with Gasteiger partial charge in [-0.05, 0) is 96.8 Å². The Morgan fingerprint density at radius 1 is 0.747 bits per heavy atom. The summed E-state index contributed by atoms with van der Waals surface area (Å²) in [7, 11) is 0.226. The molecule has 21 heteroatoms. The van der Waals surface area contributed by atoms with Crippen LogP contribution in [0, 0.1) is 6.92 Å². The molecule has 0 bridgehead atoms. The molecule has 2 aliphatic rings. The topological polar surface area (TPSA) is 214 Å². The fraction of sp³-hybridized carbons (Fsp3) is 0.371. The largest absolute Gasteiger partial charge is 0.497 e. The fourth-order valence-electron chi connectivity index (χ4n) is 9.90. The molecule has 2 aliphatic heterocycles. The van der Waals surface area contributed by atoms with Crippen LogP contribution >= 0.6 is 8.60 Å². The van der Waals surface area contributed by atoms with E-state index in [1.807, 2.05) is 122 Å². The second-order valence-corrected chi connectivity index (χ2v) is 27.9. The molecule has 0 aliphatic carbocycles. The van der Waals surface area contributed by atoms with Gasteiger partial charge in [0.2, 0.25) is 0 Å². The zero-order chi connectivity index (χ0) is 58.9. The Bertz CT molecular complexity index is 3390. The number of amides is 1. The molecule has 2 saturated heterocycles. The smallest absolute Gasteiger partial charge is 0.351 e. The number of H-pyrrole nitrogens is 1. The number of benzene rings is 5. The second-order valence-electron chi connectivity index (χ2n) is 22.0. The lowest BCUT2D eigenvalue weighted by Gasteiger charge is -2.39. The maximum atomic E-state index is 14.2. The van der Waals surface area contributed by atoms with Gasteiger partial charge in [-0.3, -0.25) is 23.7 Å². The Hall–Kier alpha value is -6.94. The predicted molar refractivity (Wildman–Crippen MR) is 318 cm³/mol. The van der Waals surface area contributed by atoms with Crippen molar-refractivity contribution in [2.24, 2.45) is 0 Å². The lowest BCUT2D eigenvalue weighted by atomic mass is 9.80. The molecule has 19 nitrogen and oxygen atoms in total. The van der Waals surface area contributed by atoms with Crippen LogP contribution in [0.3, 0.4) is 0 Å². The number of ether oxygens (including phenoxy) is 5. The highest BCUT2D eigenvalue weighted by Gasteiger charge is 2.48. The molecule has 2 aromatic heterocycles. The van der Waals surface area contributed by atoms with Crippen LogP contribution in [-0.4, -0.2) is 98.8 Å². The molecule has 4 heterocycles. The third-order valence-corrected chi connectivity index (χ3v) is 21.2. The minimum atomic E-state index is -2.47. The van der Waals surface area contributed by atoms with Crippen molar-refractivity contribution in [1.82, 2.24) is 24.4 Å². The quantitative estimate of drug-likeness (QED) is 0.0292. The number of rotatable bonds is 24. The number of carbonyl (C=O) groups excluding carboxylic acids is 1. The van der Waals surface area contributed by atoms with Crippen molar-refractivity contribution in [3.05, 3.63) is 223 Å². The van der Waals surface area contributed by atoms with Crippen LogP contribution in [0.2, 0.25) is 18.1 Å². The first-order chi connectivity index (χ1) is 39.9. The lowest BCUT2D eigenvalue weighted by molar-refractivity contribution is -0.0944. The summed E-state index contributed by atoms with van der Waals surface area (Å²) in [4.78, 5) is 59.9. The van der Waals surface area contributed by atoms with E-state index in [-0.39, 0.29) is 30.5 Å². The van der Waals surface area contributed by atoms with Gasteiger partial charge in [-0.25, -0.2) is 9.59 Å². The van der Waals surface area contributed by atoms with E-state index >= 15 is 0 Å². The molecule has 8 atom stereocenters. The lowest BCUT2D eigenvalue weighted by Crippen LogP contribution is -2.46. The van der Waals surface area contributed by atoms with E-state index in [1.165, 1.54) is 21.5 Å². The van der Waals surface area contributed by atoms with Crippen LogP contribution in [0.15, 0.2) is 172 Å². The molecule has 0 spiro atoms. The number of methoxy groups -OCH3 is 2. The van der Waals surface area contributed by atoms with Crippen LogP contribution in [0.4, 0.5) is 5.82 Å². The van der Waals surface area contributed by atoms with E-state index in [9.17, 15) is 19.2 Å². The minimum Gasteiger partial charge on any atom is -0.497 e. The fourth-order valence-corrected chi connectivity index (χ4v) is 12.5. The summed E-state index contributed by atoms with van der Waals surface area (Å²) in [5.41, 5.74) is 0.952. The number of hydrogen-bond acceptors (Lipinski definition) is 15. The zero-order valence-electron chi connectivity index (χ0n) is 48.2. The Morgan fingerprint density at radius 3 is 1.88 bits per heavy atom. The van der Waals surface area contributed by atoms with Crippen LogP contribution in [0.1, 0.15) is 90.3 Å². The number of likely N-dealkylation sites (N-methyl/N-ethyl adjacent to an activating group) is 1. The van der Waals surface area contributed by atoms with Crippen LogP contribution < -0.4 is 37.0 Å². The van der Waals surface area contributed by atoms with Crippen molar-refractivity contribution in [2.75, 3.05) is 46.3 Å². The maximum absolute atomic E-state index is 14.2. The van der Waals surface area contributed by atoms with Gasteiger partial charge in [0.1, 0.15) is 53.7 Å². The summed E-state index contributed by atoms with van der Waals surface area (Å²) in [6, 6.07) is 45.1. The van der Waals surface area contributed by atoms with Gasteiger partial charge in [-0.2, -0.15) is 4.98 Å². The summed E-state index contributed by atoms with van der Waals surface area (Å²) in [5.74, 6) is 0.948. The average Bonchev–Trinajstić information content (AvgIpc) is 4.06. The van der Waals surface area contributed by atoms with Crippen molar-refractivity contribution in [3.63, 3.8) is 0 Å². The average molecular weight is 1170 g/mol. The standard InChI is InChI=1S/C62H73N6O13PSi/c1-41-38-68(60(72)66-57(41)69)56-36-50(81-83(8,9)61(2,3)4)53(78-56)40-76-82(80-51(37-63-5)42-19-13-10-14-20-42)79-49-35-55(67-34-33-54(65-59(67)71)64-58(70)43-21-15-11-16-22-43)77-52(49)39-75-62(44-23-17-12-18-24-44,45-25-29-47(73-6)30-26-45)46-27-31-48(74-7)32-28-46/h10-34,38,49-53,55-56,63H,35-37,39-40H2,1-9H3,(H,66,69,72)(H,64,65,70,71)/t49-,50-,51+,52+,53+,55+,56+,82?/m0/s1. The minimum absolute atomic E-state index is 0.0620. The molecule has 1 amide bonds. The van der Waals surface area contributed by atoms with E-state index in [2.05, 4.69) is 54.5 Å². The molecule has 0 saturated carbocycles. The van der Waals surface area contributed by atoms with Crippen molar-refractivity contribution in [2.45, 2.75) is 107 Å². The van der Waals surface area contributed by atoms with E-state index in [0.717, 1.165) is 22.3 Å². The van der Waals surface area contributed by atoms with E-state index in [1.54, 1.807) is 51.5 Å². The van der Waals surface area contributed by atoms with Gasteiger partial charge in [0, 0.05) is 42.9 Å². The van der Waals surface area contributed by atoms with Crippen molar-refractivity contribution < 1.29 is 46.5 Å². The SMILES string of the molecule is CNC[C@@H](OP(OC[C@H]1O[C@@H](n2cc(C)c(=O)[nH]c2=O)C[C@@H]1O[Si](C)(C)C(C)(C)C)O[C@H]1C[C@H](n2ccc(NC(=O)c3ccccc3)nc2=O)O[C@@H]1COC(c1ccccc1)(c1ccc(OC)cc1)c1ccc(OC)cc1)c1ccccc1. The van der Waals surface area contributed by atoms with Gasteiger partial charge in [0.25, 0.3) is 11.5 Å². The zero-order valence-corrected chi connectivity index (χ0v) is 50.1. The molecular weight excluding hydrogens is 1100 g/mol. The first-order valence-corrected chi connectivity index (χ1v) is 31.6. The molecule has 7 aromatic rings. The number of nitrogens with one attached hydrogen (secondary N) is 3. The number of aromatic amines is 1. The Kier molecular flexibility index (Phi) is 19.5. The normalized spacial score (nSPS) is 20.0. The molecule has 2 fully saturated rings. The number of aromatic nitrogens is 4. The number of anilines is 1. The summed E-state index contributed by atoms with van der Waals surface area (Å²) >= 11 is 0. The van der Waals surface area contributed by atoms with Crippen LogP contribution in [0.5, 0.6) is 11.5 Å². The summed E-state index contributed by atoms with van der Waals surface area (Å²) in [5, 5.41) is 5.81. The maximum Gasteiger partial charge on any atom is 0.351 e. The Morgan fingerprint density at radius 2 is 1.30 bits per heavy atom. The number of aryl methyl sites for hydroxylation is 1. The number of carbonyl (C=O) groups is 1. The van der Waals surface area contributed by atoms with Crippen molar-refractivity contribution >= 4 is 28.6 Å². The molecule has 83 heavy (non-hydrogen) atoms. The van der Waals surface area contributed by atoms with Crippen LogP contribution in [0.25, 0.3) is 0 Å². The third-order valence-electron chi connectivity index (χ3n) is 15.5. The highest BCUT2D eigenvalue weighted by atomic mass is 31.2. The summed E-state index contributed by atoms with van der Waals surface area (Å²) in [6.45, 7) is 12.6. The predicted octanol–water partition coefficient (Wildman–Crippen LogP) is 9.95. The molecular formula is C62H73N6O13PSi. The first-order valence-electron chi connectivity index (χ1n) is 27.6. The molecule has 3 N–H and O–H groups in total. The van der Waals surface area contributed by atoms with Gasteiger partial charge in [0.05, 0.1) is 39.6 Å². The molecule has 438 valence electrons. The second kappa shape index (κ2) is 26.7. The van der Waals surface area contributed by atoms with Crippen molar-refractivity contribution in [1.29, 1.82) is 0 Å². The Labute approximate surface area is 485 Å². The number of hydrogen-bond donors (Lipinski definition) is 3. The van der Waals surface area contributed by atoms with E-state index < -0.39 is 88.3 Å². The monoisotopic (exact) mass is 1170 g/mol. The van der Waals surface area contributed by atoms with Gasteiger partial charge >= 0.3 is 20.0 Å². The van der Waals surface area contributed by atoms with Gasteiger partial charge in [-0.15, -0.1) is 0 Å². The summed E-state index contributed by atoms with van der Waals surface area (Å²) in [6.07, 6.45) is -1.97. The molecule has 9 rings (SSSR count). The third kappa shape index (κ3) is 14.2. The first kappa shape index (κ1) is 60.6. The highest BCUT2D eigenvalue weighted by Crippen LogP contribution is 2.51. The van der Waals surface area contributed by atoms with Gasteiger partial charge in [-0.1, -0.05) is 124 Å². The van der Waals surface area contributed by atoms with Gasteiger partial charge < -0.3 is 52.3 Å². The van der Waals surface area contributed by atoms with E-state index in [0.29, 0.717) is 35.6 Å². The van der Waals surface area contributed by atoms with Gasteiger partial charge in [0.15, 0.2) is 8.32 Å². The highest BCUT2D eigenvalue weighted by molar-refractivity contribution is 7.41. The number of nitrogens with zero attached hydrogens (tertiary/aromatic N) is 3. The van der Waals surface area contributed by atoms with Crippen LogP contribution in [-0.2, 0) is 37.8 Å². The van der Waals surface area contributed by atoms with Crippen molar-refractivity contribution in [3.8, 4) is 11.5 Å². The molecule has 0 radical (unpaired) electrons. The molecule has 5 aromatic carbocycles. The Balaban J connectivity index is 1.10. The van der Waals surface area contributed by atoms with E-state index in [4.69, 9.17) is 41.7 Å². The molecule has 1 unspecified atom stereocenters.